The molecule has 0 saturated heterocycles. The number of halogens is 1. The van der Waals surface area contributed by atoms with Gasteiger partial charge in [-0.3, -0.25) is 4.99 Å². The van der Waals surface area contributed by atoms with Crippen molar-refractivity contribution in [2.75, 3.05) is 26.2 Å². The summed E-state index contributed by atoms with van der Waals surface area (Å²) in [4.78, 5) is 4.52. The lowest BCUT2D eigenvalue weighted by Crippen LogP contribution is -2.39. The number of aliphatic imine (C=N–C) groups is 1. The summed E-state index contributed by atoms with van der Waals surface area (Å²) in [5, 5.41) is 15.7. The van der Waals surface area contributed by atoms with Crippen LogP contribution < -0.4 is 10.6 Å². The molecule has 102 valence electrons. The van der Waals surface area contributed by atoms with Crippen molar-refractivity contribution in [2.45, 2.75) is 33.6 Å². The predicted molar refractivity (Wildman–Crippen MR) is 83.0 cm³/mol. The monoisotopic (exact) mass is 355 g/mol. The Hall–Kier alpha value is -0.0400. The van der Waals surface area contributed by atoms with Gasteiger partial charge in [-0.25, -0.2) is 0 Å². The molecule has 0 aromatic carbocycles. The first kappa shape index (κ1) is 17.0. The molecule has 0 aliphatic heterocycles. The highest BCUT2D eigenvalue weighted by molar-refractivity contribution is 14.0. The fourth-order valence-corrected chi connectivity index (χ4v) is 1.43. The second kappa shape index (κ2) is 8.13. The predicted octanol–water partition coefficient (Wildman–Crippen LogP) is 1.59. The summed E-state index contributed by atoms with van der Waals surface area (Å²) in [7, 11) is 0. The standard InChI is InChI=1S/C12H25N3O.HI/c1-4-13-11(14-7-10(2)3)15-8-12(9-16)5-6-12;/h10,16H,4-9H2,1-3H3,(H2,13,14,15);1H. The summed E-state index contributed by atoms with van der Waals surface area (Å²) < 4.78 is 0. The number of aliphatic hydroxyl groups excluding tert-OH is 1. The molecule has 1 saturated carbocycles. The van der Waals surface area contributed by atoms with Gasteiger partial charge in [-0.2, -0.15) is 0 Å². The van der Waals surface area contributed by atoms with Crippen molar-refractivity contribution in [1.29, 1.82) is 0 Å². The molecular formula is C12H26IN3O. The first-order valence-electron chi connectivity index (χ1n) is 6.25. The van der Waals surface area contributed by atoms with Gasteiger partial charge in [0.1, 0.15) is 0 Å². The molecule has 3 N–H and O–H groups in total. The highest BCUT2D eigenvalue weighted by atomic mass is 127. The fraction of sp³-hybridized carbons (Fsp3) is 0.917. The van der Waals surface area contributed by atoms with Crippen LogP contribution in [-0.4, -0.2) is 37.3 Å². The molecule has 1 rings (SSSR count). The summed E-state index contributed by atoms with van der Waals surface area (Å²) in [5.74, 6) is 1.48. The van der Waals surface area contributed by atoms with E-state index in [-0.39, 0.29) is 36.0 Å². The number of hydrogen-bond donors (Lipinski definition) is 3. The lowest BCUT2D eigenvalue weighted by molar-refractivity contribution is 0.217. The Morgan fingerprint density at radius 1 is 1.35 bits per heavy atom. The minimum absolute atomic E-state index is 0. The normalized spacial score (nSPS) is 17.6. The third kappa shape index (κ3) is 6.45. The van der Waals surface area contributed by atoms with E-state index in [2.05, 4.69) is 36.4 Å². The van der Waals surface area contributed by atoms with Crippen molar-refractivity contribution in [3.05, 3.63) is 0 Å². The summed E-state index contributed by atoms with van der Waals surface area (Å²) in [6, 6.07) is 0. The van der Waals surface area contributed by atoms with Crippen LogP contribution >= 0.6 is 24.0 Å². The van der Waals surface area contributed by atoms with Crippen LogP contribution in [0.5, 0.6) is 0 Å². The molecule has 5 heteroatoms. The van der Waals surface area contributed by atoms with Gasteiger partial charge in [0.05, 0.1) is 13.2 Å². The maximum absolute atomic E-state index is 9.21. The van der Waals surface area contributed by atoms with Crippen molar-refractivity contribution in [1.82, 2.24) is 10.6 Å². The van der Waals surface area contributed by atoms with Crippen LogP contribution in [-0.2, 0) is 0 Å². The Bertz CT molecular complexity index is 240. The molecule has 1 fully saturated rings. The summed E-state index contributed by atoms with van der Waals surface area (Å²) in [6.45, 7) is 9.20. The van der Waals surface area contributed by atoms with Crippen LogP contribution in [0.2, 0.25) is 0 Å². The van der Waals surface area contributed by atoms with Crippen LogP contribution in [0.4, 0.5) is 0 Å². The zero-order valence-corrected chi connectivity index (χ0v) is 13.5. The van der Waals surface area contributed by atoms with Crippen molar-refractivity contribution in [3.63, 3.8) is 0 Å². The van der Waals surface area contributed by atoms with E-state index in [0.717, 1.165) is 38.4 Å². The van der Waals surface area contributed by atoms with E-state index in [0.29, 0.717) is 5.92 Å². The van der Waals surface area contributed by atoms with Gasteiger partial charge in [0, 0.05) is 18.5 Å². The minimum Gasteiger partial charge on any atom is -0.396 e. The van der Waals surface area contributed by atoms with Gasteiger partial charge in [-0.05, 0) is 25.7 Å². The van der Waals surface area contributed by atoms with Gasteiger partial charge in [0.2, 0.25) is 0 Å². The third-order valence-corrected chi connectivity index (χ3v) is 2.89. The molecule has 0 radical (unpaired) electrons. The van der Waals surface area contributed by atoms with Crippen molar-refractivity contribution in [2.24, 2.45) is 16.3 Å². The lowest BCUT2D eigenvalue weighted by Gasteiger charge is -2.14. The second-order valence-electron chi connectivity index (χ2n) is 5.13. The highest BCUT2D eigenvalue weighted by Crippen LogP contribution is 2.45. The second-order valence-corrected chi connectivity index (χ2v) is 5.13. The van der Waals surface area contributed by atoms with E-state index in [1.165, 1.54) is 0 Å². The molecule has 0 aromatic heterocycles. The van der Waals surface area contributed by atoms with E-state index in [1.54, 1.807) is 0 Å². The van der Waals surface area contributed by atoms with Crippen molar-refractivity contribution in [3.8, 4) is 0 Å². The first-order valence-corrected chi connectivity index (χ1v) is 6.25. The molecule has 0 aromatic rings. The number of guanidine groups is 1. The van der Waals surface area contributed by atoms with E-state index in [9.17, 15) is 5.11 Å². The Morgan fingerprint density at radius 3 is 2.41 bits per heavy atom. The lowest BCUT2D eigenvalue weighted by atomic mass is 10.1. The van der Waals surface area contributed by atoms with Gasteiger partial charge >= 0.3 is 0 Å². The van der Waals surface area contributed by atoms with Gasteiger partial charge in [0.25, 0.3) is 0 Å². The maximum atomic E-state index is 9.21. The fourth-order valence-electron chi connectivity index (χ4n) is 1.43. The van der Waals surface area contributed by atoms with E-state index in [1.807, 2.05) is 0 Å². The Balaban J connectivity index is 0.00000256. The van der Waals surface area contributed by atoms with Crippen LogP contribution in [0.25, 0.3) is 0 Å². The topological polar surface area (TPSA) is 56.7 Å². The largest absolute Gasteiger partial charge is 0.396 e. The molecule has 0 amide bonds. The number of rotatable bonds is 6. The SMILES string of the molecule is CCNC(=NCC1(CO)CC1)NCC(C)C.I. The van der Waals surface area contributed by atoms with Crippen molar-refractivity contribution >= 4 is 29.9 Å². The molecule has 0 heterocycles. The maximum Gasteiger partial charge on any atom is 0.191 e. The number of nitrogens with one attached hydrogen (secondary N) is 2. The van der Waals surface area contributed by atoms with E-state index >= 15 is 0 Å². The third-order valence-electron chi connectivity index (χ3n) is 2.89. The van der Waals surface area contributed by atoms with Crippen molar-refractivity contribution < 1.29 is 5.11 Å². The first-order chi connectivity index (χ1) is 7.62. The van der Waals surface area contributed by atoms with Gasteiger partial charge in [0.15, 0.2) is 5.96 Å². The molecule has 1 aliphatic carbocycles. The van der Waals surface area contributed by atoms with Crippen LogP contribution in [0, 0.1) is 11.3 Å². The van der Waals surface area contributed by atoms with Crippen LogP contribution in [0.1, 0.15) is 33.6 Å². The summed E-state index contributed by atoms with van der Waals surface area (Å²) >= 11 is 0. The Morgan fingerprint density at radius 2 is 2.00 bits per heavy atom. The van der Waals surface area contributed by atoms with E-state index in [4.69, 9.17) is 0 Å². The number of nitrogens with zero attached hydrogens (tertiary/aromatic N) is 1. The van der Waals surface area contributed by atoms with Crippen LogP contribution in [0.15, 0.2) is 4.99 Å². The molecule has 0 atom stereocenters. The molecule has 0 unspecified atom stereocenters. The smallest absolute Gasteiger partial charge is 0.191 e. The highest BCUT2D eigenvalue weighted by Gasteiger charge is 2.41. The average Bonchev–Trinajstić information content (AvgIpc) is 3.03. The zero-order chi connectivity index (χ0) is 12.0. The molecule has 0 bridgehead atoms. The molecule has 4 nitrogen and oxygen atoms in total. The number of hydrogen-bond acceptors (Lipinski definition) is 2. The van der Waals surface area contributed by atoms with Gasteiger partial charge < -0.3 is 15.7 Å². The van der Waals surface area contributed by atoms with Gasteiger partial charge in [-0.1, -0.05) is 13.8 Å². The van der Waals surface area contributed by atoms with Crippen LogP contribution in [0.3, 0.4) is 0 Å². The number of aliphatic hydroxyl groups is 1. The Kier molecular flexibility index (Phi) is 8.11. The molecule has 17 heavy (non-hydrogen) atoms. The zero-order valence-electron chi connectivity index (χ0n) is 11.1. The quantitative estimate of drug-likeness (QED) is 0.385. The Labute approximate surface area is 122 Å². The molecule has 0 spiro atoms. The minimum atomic E-state index is 0. The average molecular weight is 355 g/mol. The molecular weight excluding hydrogens is 329 g/mol. The summed E-state index contributed by atoms with van der Waals surface area (Å²) in [5.41, 5.74) is 0.0974. The van der Waals surface area contributed by atoms with Gasteiger partial charge in [-0.15, -0.1) is 24.0 Å². The van der Waals surface area contributed by atoms with E-state index < -0.39 is 0 Å². The molecule has 1 aliphatic rings. The summed E-state index contributed by atoms with van der Waals surface area (Å²) in [6.07, 6.45) is 2.22.